The van der Waals surface area contributed by atoms with E-state index in [0.29, 0.717) is 11.5 Å². The molecule has 1 N–H and O–H groups in total. The van der Waals surface area contributed by atoms with Crippen LogP contribution in [0.15, 0.2) is 42.5 Å². The van der Waals surface area contributed by atoms with Crippen molar-refractivity contribution in [3.63, 3.8) is 0 Å². The van der Waals surface area contributed by atoms with E-state index in [4.69, 9.17) is 0 Å². The van der Waals surface area contributed by atoms with Gasteiger partial charge in [-0.3, -0.25) is 14.9 Å². The Balaban J connectivity index is 1.81. The van der Waals surface area contributed by atoms with Gasteiger partial charge in [-0.1, -0.05) is 18.2 Å². The third-order valence-electron chi connectivity index (χ3n) is 3.15. The van der Waals surface area contributed by atoms with Crippen LogP contribution in [0.1, 0.15) is 16.7 Å². The number of nitro groups is 1. The molecular weight excluding hydrogens is 312 g/mol. The second kappa shape index (κ2) is 7.78. The molecule has 2 aromatic carbocycles. The summed E-state index contributed by atoms with van der Waals surface area (Å²) in [6.45, 7) is 3.98. The van der Waals surface area contributed by atoms with Crippen LogP contribution in [-0.4, -0.2) is 16.6 Å². The highest BCUT2D eigenvalue weighted by atomic mass is 32.2. The minimum absolute atomic E-state index is 0.0538. The van der Waals surface area contributed by atoms with E-state index >= 15 is 0 Å². The van der Waals surface area contributed by atoms with Crippen molar-refractivity contribution >= 4 is 29.0 Å². The van der Waals surface area contributed by atoms with Crippen molar-refractivity contribution in [1.29, 1.82) is 0 Å². The molecule has 0 radical (unpaired) electrons. The number of carbonyl (C=O) groups is 1. The second-order valence-electron chi connectivity index (χ2n) is 5.34. The molecule has 0 aromatic heterocycles. The highest BCUT2D eigenvalue weighted by molar-refractivity contribution is 7.99. The van der Waals surface area contributed by atoms with Gasteiger partial charge in [0, 0.05) is 23.6 Å². The van der Waals surface area contributed by atoms with E-state index in [2.05, 4.69) is 11.4 Å². The summed E-state index contributed by atoms with van der Waals surface area (Å²) >= 11 is 1.47. The molecular formula is C17H18N2O3S. The first-order chi connectivity index (χ1) is 10.9. The van der Waals surface area contributed by atoms with Crippen LogP contribution in [0, 0.1) is 24.0 Å². The molecule has 0 aliphatic heterocycles. The van der Waals surface area contributed by atoms with Crippen LogP contribution < -0.4 is 5.32 Å². The largest absolute Gasteiger partial charge is 0.325 e. The van der Waals surface area contributed by atoms with Gasteiger partial charge in [0.05, 0.1) is 10.7 Å². The maximum Gasteiger partial charge on any atom is 0.269 e. The van der Waals surface area contributed by atoms with Crippen LogP contribution >= 0.6 is 11.8 Å². The smallest absolute Gasteiger partial charge is 0.269 e. The number of rotatable bonds is 6. The van der Waals surface area contributed by atoms with Crippen LogP contribution in [0.3, 0.4) is 0 Å². The molecule has 2 rings (SSSR count). The van der Waals surface area contributed by atoms with Gasteiger partial charge in [0.1, 0.15) is 0 Å². The zero-order chi connectivity index (χ0) is 16.8. The minimum atomic E-state index is -0.422. The van der Waals surface area contributed by atoms with Gasteiger partial charge in [-0.15, -0.1) is 11.8 Å². The monoisotopic (exact) mass is 330 g/mol. The molecule has 0 bridgehead atoms. The Morgan fingerprint density at radius 3 is 2.30 bits per heavy atom. The van der Waals surface area contributed by atoms with Crippen LogP contribution in [-0.2, 0) is 10.5 Å². The summed E-state index contributed by atoms with van der Waals surface area (Å²) in [6.07, 6.45) is 0. The summed E-state index contributed by atoms with van der Waals surface area (Å²) < 4.78 is 0. The summed E-state index contributed by atoms with van der Waals surface area (Å²) in [4.78, 5) is 22.1. The number of non-ortho nitro benzene ring substituents is 1. The molecule has 0 spiro atoms. The molecule has 0 atom stereocenters. The highest BCUT2D eigenvalue weighted by Crippen LogP contribution is 2.18. The number of nitro benzene ring substituents is 1. The van der Waals surface area contributed by atoms with E-state index in [1.54, 1.807) is 12.1 Å². The Morgan fingerprint density at radius 2 is 1.74 bits per heavy atom. The van der Waals surface area contributed by atoms with E-state index in [1.165, 1.54) is 23.9 Å². The van der Waals surface area contributed by atoms with Crippen LogP contribution in [0.25, 0.3) is 0 Å². The lowest BCUT2D eigenvalue weighted by Gasteiger charge is -2.07. The maximum absolute atomic E-state index is 11.9. The first-order valence-corrected chi connectivity index (χ1v) is 8.29. The van der Waals surface area contributed by atoms with Gasteiger partial charge < -0.3 is 5.32 Å². The Labute approximate surface area is 139 Å². The predicted octanol–water partition coefficient (Wildman–Crippen LogP) is 4.08. The SMILES string of the molecule is Cc1cc(C)cc(NC(=O)CSCc2ccc([N+](=O)[O-])cc2)c1. The second-order valence-corrected chi connectivity index (χ2v) is 6.33. The molecule has 6 heteroatoms. The van der Waals surface area contributed by atoms with Gasteiger partial charge in [0.15, 0.2) is 0 Å². The van der Waals surface area contributed by atoms with Crippen molar-refractivity contribution < 1.29 is 9.72 Å². The molecule has 0 unspecified atom stereocenters. The van der Waals surface area contributed by atoms with Gasteiger partial charge in [-0.25, -0.2) is 0 Å². The number of amides is 1. The van der Waals surface area contributed by atoms with Gasteiger partial charge in [-0.05, 0) is 42.7 Å². The predicted molar refractivity (Wildman–Crippen MR) is 93.8 cm³/mol. The summed E-state index contributed by atoms with van der Waals surface area (Å²) in [7, 11) is 0. The Kier molecular flexibility index (Phi) is 5.76. The molecule has 0 saturated heterocycles. The zero-order valence-electron chi connectivity index (χ0n) is 13.0. The van der Waals surface area contributed by atoms with Crippen molar-refractivity contribution in [2.24, 2.45) is 0 Å². The third-order valence-corrected chi connectivity index (χ3v) is 4.16. The summed E-state index contributed by atoms with van der Waals surface area (Å²) in [5.74, 6) is 0.921. The third kappa shape index (κ3) is 5.41. The number of carbonyl (C=O) groups excluding carboxylic acids is 1. The minimum Gasteiger partial charge on any atom is -0.325 e. The Hall–Kier alpha value is -2.34. The van der Waals surface area contributed by atoms with E-state index in [-0.39, 0.29) is 11.6 Å². The Bertz CT molecular complexity index is 694. The average Bonchev–Trinajstić information content (AvgIpc) is 2.46. The quantitative estimate of drug-likeness (QED) is 0.640. The lowest BCUT2D eigenvalue weighted by molar-refractivity contribution is -0.384. The van der Waals surface area contributed by atoms with E-state index < -0.39 is 4.92 Å². The summed E-state index contributed by atoms with van der Waals surface area (Å²) in [5, 5.41) is 13.5. The number of nitrogens with one attached hydrogen (secondary N) is 1. The van der Waals surface area contributed by atoms with Crippen LogP contribution in [0.2, 0.25) is 0 Å². The molecule has 23 heavy (non-hydrogen) atoms. The molecule has 0 saturated carbocycles. The first-order valence-electron chi connectivity index (χ1n) is 7.13. The average molecular weight is 330 g/mol. The van der Waals surface area contributed by atoms with Crippen molar-refractivity contribution in [1.82, 2.24) is 0 Å². The van der Waals surface area contributed by atoms with Crippen molar-refractivity contribution in [2.75, 3.05) is 11.1 Å². The van der Waals surface area contributed by atoms with Crippen LogP contribution in [0.4, 0.5) is 11.4 Å². The molecule has 5 nitrogen and oxygen atoms in total. The van der Waals surface area contributed by atoms with Gasteiger partial charge in [-0.2, -0.15) is 0 Å². The van der Waals surface area contributed by atoms with E-state index in [9.17, 15) is 14.9 Å². The number of hydrogen-bond acceptors (Lipinski definition) is 4. The van der Waals surface area contributed by atoms with Gasteiger partial charge in [0.2, 0.25) is 5.91 Å². The maximum atomic E-state index is 11.9. The molecule has 0 aliphatic rings. The van der Waals surface area contributed by atoms with E-state index in [0.717, 1.165) is 22.4 Å². The van der Waals surface area contributed by atoms with Crippen molar-refractivity contribution in [3.05, 3.63) is 69.3 Å². The normalized spacial score (nSPS) is 10.3. The van der Waals surface area contributed by atoms with E-state index in [1.807, 2.05) is 26.0 Å². The van der Waals surface area contributed by atoms with Gasteiger partial charge >= 0.3 is 0 Å². The number of hydrogen-bond donors (Lipinski definition) is 1. The van der Waals surface area contributed by atoms with Crippen LogP contribution in [0.5, 0.6) is 0 Å². The lowest BCUT2D eigenvalue weighted by Crippen LogP contribution is -2.14. The first kappa shape index (κ1) is 17.0. The number of aryl methyl sites for hydroxylation is 2. The molecule has 120 valence electrons. The molecule has 0 aliphatic carbocycles. The fourth-order valence-corrected chi connectivity index (χ4v) is 3.01. The fourth-order valence-electron chi connectivity index (χ4n) is 2.22. The Morgan fingerprint density at radius 1 is 1.13 bits per heavy atom. The lowest BCUT2D eigenvalue weighted by atomic mass is 10.1. The fraction of sp³-hybridized carbons (Fsp3) is 0.235. The molecule has 0 heterocycles. The number of thioether (sulfide) groups is 1. The molecule has 1 amide bonds. The van der Waals surface area contributed by atoms with Crippen molar-refractivity contribution in [2.45, 2.75) is 19.6 Å². The number of anilines is 1. The van der Waals surface area contributed by atoms with Gasteiger partial charge in [0.25, 0.3) is 5.69 Å². The topological polar surface area (TPSA) is 72.2 Å². The van der Waals surface area contributed by atoms with Crippen molar-refractivity contribution in [3.8, 4) is 0 Å². The molecule has 2 aromatic rings. The number of benzene rings is 2. The highest BCUT2D eigenvalue weighted by Gasteiger charge is 2.06. The zero-order valence-corrected chi connectivity index (χ0v) is 13.9. The standard InChI is InChI=1S/C17H18N2O3S/c1-12-7-13(2)9-15(8-12)18-17(20)11-23-10-14-3-5-16(6-4-14)19(21)22/h3-9H,10-11H2,1-2H3,(H,18,20). The summed E-state index contributed by atoms with van der Waals surface area (Å²) in [5.41, 5.74) is 4.06. The summed E-state index contributed by atoms with van der Waals surface area (Å²) in [6, 6.07) is 12.3. The molecule has 0 fully saturated rings. The number of nitrogens with zero attached hydrogens (tertiary/aromatic N) is 1.